The van der Waals surface area contributed by atoms with E-state index in [4.69, 9.17) is 9.47 Å². The van der Waals surface area contributed by atoms with Crippen molar-refractivity contribution < 1.29 is 22.7 Å². The topological polar surface area (TPSA) is 69.7 Å². The van der Waals surface area contributed by atoms with Gasteiger partial charge < -0.3 is 9.47 Å². The van der Waals surface area contributed by atoms with Gasteiger partial charge in [-0.2, -0.15) is 0 Å². The van der Waals surface area contributed by atoms with Crippen LogP contribution in [0.15, 0.2) is 52.9 Å². The Labute approximate surface area is 153 Å². The molecular formula is C20H20O5S. The van der Waals surface area contributed by atoms with Crippen LogP contribution in [0.2, 0.25) is 0 Å². The van der Waals surface area contributed by atoms with Gasteiger partial charge in [0, 0.05) is 11.1 Å². The zero-order valence-electron chi connectivity index (χ0n) is 14.7. The van der Waals surface area contributed by atoms with Crippen molar-refractivity contribution in [3.8, 4) is 11.5 Å². The van der Waals surface area contributed by atoms with Crippen LogP contribution < -0.4 is 9.47 Å². The van der Waals surface area contributed by atoms with Gasteiger partial charge in [-0.15, -0.1) is 0 Å². The molecule has 0 radical (unpaired) electrons. The summed E-state index contributed by atoms with van der Waals surface area (Å²) < 4.78 is 35.9. The Hall–Kier alpha value is -2.60. The summed E-state index contributed by atoms with van der Waals surface area (Å²) in [4.78, 5) is 12.8. The second-order valence-corrected chi connectivity index (χ2v) is 7.97. The molecule has 0 fully saturated rings. The number of rotatable bonds is 5. The van der Waals surface area contributed by atoms with E-state index < -0.39 is 9.84 Å². The van der Waals surface area contributed by atoms with Crippen LogP contribution in [0.4, 0.5) is 0 Å². The molecule has 0 saturated carbocycles. The number of ether oxygens (including phenoxy) is 2. The van der Waals surface area contributed by atoms with Crippen molar-refractivity contribution in [2.24, 2.45) is 0 Å². The fraction of sp³-hybridized carbons (Fsp3) is 0.250. The van der Waals surface area contributed by atoms with Crippen molar-refractivity contribution in [3.05, 3.63) is 59.2 Å². The lowest BCUT2D eigenvalue weighted by Gasteiger charge is -2.18. The Morgan fingerprint density at radius 2 is 1.88 bits per heavy atom. The van der Waals surface area contributed by atoms with Crippen LogP contribution in [0.25, 0.3) is 6.08 Å². The number of methoxy groups -OCH3 is 1. The first kappa shape index (κ1) is 18.2. The number of carbonyl (C=O) groups is 1. The van der Waals surface area contributed by atoms with E-state index in [0.29, 0.717) is 23.7 Å². The third-order valence-corrected chi connectivity index (χ3v) is 5.81. The van der Waals surface area contributed by atoms with Gasteiger partial charge in [-0.25, -0.2) is 8.42 Å². The summed E-state index contributed by atoms with van der Waals surface area (Å²) in [6.07, 6.45) is 2.45. The van der Waals surface area contributed by atoms with Gasteiger partial charge in [0.05, 0.1) is 24.4 Å². The highest BCUT2D eigenvalue weighted by Gasteiger charge is 2.32. The Morgan fingerprint density at radius 1 is 1.12 bits per heavy atom. The molecule has 0 aliphatic carbocycles. The minimum absolute atomic E-state index is 0.101. The highest BCUT2D eigenvalue weighted by atomic mass is 32.2. The predicted octanol–water partition coefficient (Wildman–Crippen LogP) is 3.54. The van der Waals surface area contributed by atoms with E-state index in [2.05, 4.69) is 0 Å². The number of hydrogen-bond acceptors (Lipinski definition) is 5. The minimum Gasteiger partial charge on any atom is -0.493 e. The molecule has 0 bridgehead atoms. The zero-order valence-corrected chi connectivity index (χ0v) is 15.5. The molecule has 3 rings (SSSR count). The van der Waals surface area contributed by atoms with E-state index in [1.807, 2.05) is 6.92 Å². The lowest BCUT2D eigenvalue weighted by molar-refractivity contribution is 0.103. The maximum Gasteiger partial charge on any atom is 0.191 e. The number of hydrogen-bond donors (Lipinski definition) is 0. The van der Waals surface area contributed by atoms with Gasteiger partial charge in [0.25, 0.3) is 0 Å². The molecule has 1 aliphatic heterocycles. The van der Waals surface area contributed by atoms with E-state index in [9.17, 15) is 13.2 Å². The molecule has 0 unspecified atom stereocenters. The molecular weight excluding hydrogens is 352 g/mol. The number of sulfone groups is 1. The first-order valence-corrected chi connectivity index (χ1v) is 9.99. The molecule has 0 saturated heterocycles. The van der Waals surface area contributed by atoms with Gasteiger partial charge in [0.2, 0.25) is 0 Å². The number of benzene rings is 2. The smallest absolute Gasteiger partial charge is 0.191 e. The third kappa shape index (κ3) is 3.51. The van der Waals surface area contributed by atoms with E-state index >= 15 is 0 Å². The lowest BCUT2D eigenvalue weighted by Crippen LogP contribution is -2.24. The largest absolute Gasteiger partial charge is 0.493 e. The number of carbonyl (C=O) groups excluding carboxylic acids is 1. The second kappa shape index (κ2) is 7.33. The summed E-state index contributed by atoms with van der Waals surface area (Å²) in [6.45, 7) is 2.54. The van der Waals surface area contributed by atoms with E-state index in [-0.39, 0.29) is 27.6 Å². The van der Waals surface area contributed by atoms with Crippen molar-refractivity contribution in [3.63, 3.8) is 0 Å². The Bertz CT molecular complexity index is 973. The molecule has 136 valence electrons. The van der Waals surface area contributed by atoms with E-state index in [1.165, 1.54) is 6.07 Å². The number of fused-ring (bicyclic) bond motifs is 1. The van der Waals surface area contributed by atoms with E-state index in [0.717, 1.165) is 6.42 Å². The fourth-order valence-corrected chi connectivity index (χ4v) is 4.42. The van der Waals surface area contributed by atoms with Crippen molar-refractivity contribution in [1.82, 2.24) is 0 Å². The molecule has 0 aromatic heterocycles. The molecule has 5 nitrogen and oxygen atoms in total. The van der Waals surface area contributed by atoms with E-state index in [1.54, 1.807) is 49.6 Å². The van der Waals surface area contributed by atoms with Crippen molar-refractivity contribution >= 4 is 21.7 Å². The van der Waals surface area contributed by atoms with Gasteiger partial charge in [-0.1, -0.05) is 25.1 Å². The SMILES string of the molecule is CCCOc1cc(C=C2CS(=O)(=O)c3ccccc3C2=O)ccc1OC. The highest BCUT2D eigenvalue weighted by Crippen LogP contribution is 2.32. The number of Topliss-reactive ketones (excluding diaryl/α,β-unsaturated/α-hetero) is 1. The van der Waals surface area contributed by atoms with Crippen molar-refractivity contribution in [1.29, 1.82) is 0 Å². The maximum atomic E-state index is 12.7. The van der Waals surface area contributed by atoms with Gasteiger partial charge in [0.15, 0.2) is 27.1 Å². The van der Waals surface area contributed by atoms with Gasteiger partial charge in [0.1, 0.15) is 0 Å². The zero-order chi connectivity index (χ0) is 18.7. The summed E-state index contributed by atoms with van der Waals surface area (Å²) in [5.41, 5.74) is 1.16. The summed E-state index contributed by atoms with van der Waals surface area (Å²) in [5, 5.41) is 0. The minimum atomic E-state index is -3.53. The summed E-state index contributed by atoms with van der Waals surface area (Å²) >= 11 is 0. The third-order valence-electron chi connectivity index (χ3n) is 4.09. The average molecular weight is 372 g/mol. The molecule has 2 aromatic carbocycles. The van der Waals surface area contributed by atoms with Gasteiger partial charge >= 0.3 is 0 Å². The maximum absolute atomic E-state index is 12.7. The highest BCUT2D eigenvalue weighted by molar-refractivity contribution is 7.91. The summed E-state index contributed by atoms with van der Waals surface area (Å²) in [5.74, 6) is 0.589. The van der Waals surface area contributed by atoms with Crippen LogP contribution in [-0.2, 0) is 9.84 Å². The van der Waals surface area contributed by atoms with Crippen LogP contribution in [0.1, 0.15) is 29.3 Å². The van der Waals surface area contributed by atoms with Crippen LogP contribution in [-0.4, -0.2) is 33.7 Å². The standard InChI is InChI=1S/C20H20O5S/c1-3-10-25-18-12-14(8-9-17(18)24-2)11-15-13-26(22,23)19-7-5-4-6-16(19)20(15)21/h4-9,11-12H,3,10,13H2,1-2H3. The Kier molecular flexibility index (Phi) is 5.13. The fourth-order valence-electron chi connectivity index (χ4n) is 2.86. The monoisotopic (exact) mass is 372 g/mol. The Balaban J connectivity index is 2.02. The summed E-state index contributed by atoms with van der Waals surface area (Å²) in [6, 6.07) is 11.6. The lowest BCUT2D eigenvalue weighted by atomic mass is 10.0. The predicted molar refractivity (Wildman–Crippen MR) is 99.6 cm³/mol. The van der Waals surface area contributed by atoms with Gasteiger partial charge in [-0.3, -0.25) is 4.79 Å². The quantitative estimate of drug-likeness (QED) is 0.751. The Morgan fingerprint density at radius 3 is 2.62 bits per heavy atom. The average Bonchev–Trinajstić information content (AvgIpc) is 2.64. The van der Waals surface area contributed by atoms with Crippen LogP contribution >= 0.6 is 0 Å². The molecule has 1 heterocycles. The second-order valence-electron chi connectivity index (χ2n) is 6.01. The molecule has 0 amide bonds. The van der Waals surface area contributed by atoms with Gasteiger partial charge in [-0.05, 0) is 42.3 Å². The number of ketones is 1. The van der Waals surface area contributed by atoms with Crippen LogP contribution in [0.5, 0.6) is 11.5 Å². The molecule has 2 aromatic rings. The first-order chi connectivity index (χ1) is 12.5. The molecule has 1 aliphatic rings. The van der Waals surface area contributed by atoms with Crippen molar-refractivity contribution in [2.75, 3.05) is 19.5 Å². The summed E-state index contributed by atoms with van der Waals surface area (Å²) in [7, 11) is -1.97. The molecule has 26 heavy (non-hydrogen) atoms. The molecule has 0 spiro atoms. The van der Waals surface area contributed by atoms with Crippen molar-refractivity contribution in [2.45, 2.75) is 18.2 Å². The van der Waals surface area contributed by atoms with Crippen LogP contribution in [0, 0.1) is 0 Å². The molecule has 0 N–H and O–H groups in total. The molecule has 0 atom stereocenters. The normalized spacial score (nSPS) is 17.0. The first-order valence-electron chi connectivity index (χ1n) is 8.34. The molecule has 6 heteroatoms. The van der Waals surface area contributed by atoms with Crippen LogP contribution in [0.3, 0.4) is 0 Å².